The molecule has 0 spiro atoms. The number of carboxylic acids is 1. The van der Waals surface area contributed by atoms with Crippen LogP contribution in [0.4, 0.5) is 0 Å². The first-order valence-corrected chi connectivity index (χ1v) is 7.89. The zero-order chi connectivity index (χ0) is 14.4. The van der Waals surface area contributed by atoms with E-state index < -0.39 is 20.8 Å². The molecular formula is C11H26NO5Si+. The van der Waals surface area contributed by atoms with E-state index in [4.69, 9.17) is 18.4 Å². The summed E-state index contributed by atoms with van der Waals surface area (Å²) in [5, 5.41) is 9.03. The molecule has 0 amide bonds. The van der Waals surface area contributed by atoms with Gasteiger partial charge in [-0.2, -0.15) is 0 Å². The van der Waals surface area contributed by atoms with Gasteiger partial charge in [0.25, 0.3) is 0 Å². The lowest BCUT2D eigenvalue weighted by molar-refractivity contribution is -0.904. The average Bonchev–Trinajstić information content (AvgIpc) is 2.34. The average molecular weight is 280 g/mol. The van der Waals surface area contributed by atoms with Crippen LogP contribution in [-0.4, -0.2) is 72.4 Å². The molecule has 0 aromatic rings. The lowest BCUT2D eigenvalue weighted by Gasteiger charge is -2.34. The van der Waals surface area contributed by atoms with Crippen LogP contribution < -0.4 is 0 Å². The van der Waals surface area contributed by atoms with Crippen molar-refractivity contribution in [3.63, 3.8) is 0 Å². The minimum atomic E-state index is -2.54. The highest BCUT2D eigenvalue weighted by atomic mass is 28.4. The van der Waals surface area contributed by atoms with E-state index in [1.807, 2.05) is 14.1 Å². The first-order chi connectivity index (χ1) is 8.24. The van der Waals surface area contributed by atoms with E-state index in [1.54, 1.807) is 28.3 Å². The molecule has 6 nitrogen and oxygen atoms in total. The predicted octanol–water partition coefficient (Wildman–Crippen LogP) is 0.804. The van der Waals surface area contributed by atoms with Gasteiger partial charge in [0.15, 0.2) is 6.04 Å². The molecule has 0 saturated carbocycles. The third-order valence-electron chi connectivity index (χ3n) is 3.56. The summed E-state index contributed by atoms with van der Waals surface area (Å²) in [5.41, 5.74) is 0. The minimum absolute atomic E-state index is 0.428. The second kappa shape index (κ2) is 7.20. The highest BCUT2D eigenvalue weighted by molar-refractivity contribution is 6.60. The summed E-state index contributed by atoms with van der Waals surface area (Å²) in [6.07, 6.45) is 0.798. The summed E-state index contributed by atoms with van der Waals surface area (Å²) in [5.74, 6) is -0.784. The first kappa shape index (κ1) is 17.5. The van der Waals surface area contributed by atoms with Crippen LogP contribution in [0.15, 0.2) is 0 Å². The van der Waals surface area contributed by atoms with Crippen LogP contribution in [0.2, 0.25) is 6.04 Å². The standard InChI is InChI=1S/C11H25NO5Si/c1-10(11(13)14)12(2,3)8-7-9-18(15-4,16-5)17-6/h10H,7-9H2,1-6H3/p+1. The Hall–Kier alpha value is -0.473. The van der Waals surface area contributed by atoms with Crippen molar-refractivity contribution in [1.29, 1.82) is 0 Å². The number of carboxylic acid groups (broad SMARTS) is 1. The molecule has 0 heterocycles. The molecule has 7 heteroatoms. The maximum Gasteiger partial charge on any atom is 0.500 e. The molecular weight excluding hydrogens is 254 g/mol. The number of hydrogen-bond donors (Lipinski definition) is 1. The number of likely N-dealkylation sites (N-methyl/N-ethyl adjacent to an activating group) is 1. The molecule has 0 rings (SSSR count). The van der Waals surface area contributed by atoms with Crippen molar-refractivity contribution in [1.82, 2.24) is 0 Å². The molecule has 0 fully saturated rings. The molecule has 1 unspecified atom stereocenters. The highest BCUT2D eigenvalue weighted by Gasteiger charge is 2.38. The molecule has 1 atom stereocenters. The second-order valence-corrected chi connectivity index (χ2v) is 8.01. The Morgan fingerprint density at radius 2 is 1.67 bits per heavy atom. The van der Waals surface area contributed by atoms with Crippen molar-refractivity contribution in [3.05, 3.63) is 0 Å². The van der Waals surface area contributed by atoms with E-state index in [-0.39, 0.29) is 0 Å². The molecule has 0 aromatic carbocycles. The Morgan fingerprint density at radius 1 is 1.22 bits per heavy atom. The van der Waals surface area contributed by atoms with Gasteiger partial charge in [-0.25, -0.2) is 4.79 Å². The van der Waals surface area contributed by atoms with E-state index >= 15 is 0 Å². The van der Waals surface area contributed by atoms with Crippen LogP contribution >= 0.6 is 0 Å². The number of nitrogens with zero attached hydrogens (tertiary/aromatic N) is 1. The summed E-state index contributed by atoms with van der Waals surface area (Å²) in [6, 6.07) is 0.249. The van der Waals surface area contributed by atoms with Gasteiger partial charge in [-0.3, -0.25) is 0 Å². The van der Waals surface area contributed by atoms with Crippen LogP contribution in [0.25, 0.3) is 0 Å². The van der Waals surface area contributed by atoms with Crippen LogP contribution in [0.3, 0.4) is 0 Å². The summed E-state index contributed by atoms with van der Waals surface area (Å²) in [7, 11) is 6.03. The molecule has 108 valence electrons. The molecule has 0 aliphatic carbocycles. The van der Waals surface area contributed by atoms with Gasteiger partial charge in [0.1, 0.15) is 0 Å². The van der Waals surface area contributed by atoms with E-state index in [1.165, 1.54) is 0 Å². The Balaban J connectivity index is 4.37. The fraction of sp³-hybridized carbons (Fsp3) is 0.909. The molecule has 18 heavy (non-hydrogen) atoms. The van der Waals surface area contributed by atoms with Gasteiger partial charge in [-0.05, 0) is 6.92 Å². The van der Waals surface area contributed by atoms with Gasteiger partial charge in [0, 0.05) is 33.8 Å². The Bertz CT molecular complexity index is 260. The van der Waals surface area contributed by atoms with Crippen molar-refractivity contribution in [2.45, 2.75) is 25.4 Å². The fourth-order valence-electron chi connectivity index (χ4n) is 1.75. The van der Waals surface area contributed by atoms with E-state index in [2.05, 4.69) is 0 Å². The lowest BCUT2D eigenvalue weighted by atomic mass is 10.2. The second-order valence-electron chi connectivity index (χ2n) is 4.92. The van der Waals surface area contributed by atoms with Crippen LogP contribution in [0.1, 0.15) is 13.3 Å². The van der Waals surface area contributed by atoms with Crippen molar-refractivity contribution in [2.75, 3.05) is 42.0 Å². The molecule has 0 bridgehead atoms. The van der Waals surface area contributed by atoms with Crippen molar-refractivity contribution in [2.24, 2.45) is 0 Å². The maximum atomic E-state index is 11.0. The van der Waals surface area contributed by atoms with Gasteiger partial charge in [-0.1, -0.05) is 0 Å². The van der Waals surface area contributed by atoms with Gasteiger partial charge < -0.3 is 22.9 Å². The monoisotopic (exact) mass is 280 g/mol. The fourth-order valence-corrected chi connectivity index (χ4v) is 3.46. The molecule has 0 saturated heterocycles. The topological polar surface area (TPSA) is 65.0 Å². The third kappa shape index (κ3) is 4.66. The third-order valence-corrected chi connectivity index (χ3v) is 6.39. The van der Waals surface area contributed by atoms with Crippen molar-refractivity contribution in [3.8, 4) is 0 Å². The summed E-state index contributed by atoms with van der Waals surface area (Å²) in [6.45, 7) is 2.45. The van der Waals surface area contributed by atoms with E-state index in [0.29, 0.717) is 10.5 Å². The molecule has 0 aliphatic heterocycles. The Kier molecular flexibility index (Phi) is 7.01. The maximum absolute atomic E-state index is 11.0. The van der Waals surface area contributed by atoms with Crippen LogP contribution in [-0.2, 0) is 18.1 Å². The molecule has 0 aliphatic rings. The smallest absolute Gasteiger partial charge is 0.477 e. The lowest BCUT2D eigenvalue weighted by Crippen LogP contribution is -2.52. The normalized spacial score (nSPS) is 14.6. The first-order valence-electron chi connectivity index (χ1n) is 5.95. The highest BCUT2D eigenvalue weighted by Crippen LogP contribution is 2.17. The van der Waals surface area contributed by atoms with Gasteiger partial charge in [0.2, 0.25) is 0 Å². The molecule has 1 N–H and O–H groups in total. The zero-order valence-electron chi connectivity index (χ0n) is 12.2. The largest absolute Gasteiger partial charge is 0.500 e. The SMILES string of the molecule is CO[Si](CCC[N+](C)(C)C(C)C(=O)O)(OC)OC. The summed E-state index contributed by atoms with van der Waals surface area (Å²) in [4.78, 5) is 11.0. The van der Waals surface area contributed by atoms with Gasteiger partial charge in [-0.15, -0.1) is 0 Å². The summed E-state index contributed by atoms with van der Waals surface area (Å²) < 4.78 is 16.4. The van der Waals surface area contributed by atoms with Gasteiger partial charge >= 0.3 is 14.8 Å². The van der Waals surface area contributed by atoms with Crippen molar-refractivity contribution >= 4 is 14.8 Å². The van der Waals surface area contributed by atoms with Gasteiger partial charge in [0.05, 0.1) is 20.6 Å². The number of rotatable bonds is 9. The molecule has 0 aromatic heterocycles. The quantitative estimate of drug-likeness (QED) is 0.500. The number of carbonyl (C=O) groups is 1. The van der Waals surface area contributed by atoms with Crippen molar-refractivity contribution < 1.29 is 27.7 Å². The Labute approximate surface area is 110 Å². The number of quaternary nitrogens is 1. The Morgan fingerprint density at radius 3 is 2.00 bits per heavy atom. The minimum Gasteiger partial charge on any atom is -0.477 e. The van der Waals surface area contributed by atoms with E-state index in [9.17, 15) is 4.79 Å². The predicted molar refractivity (Wildman–Crippen MR) is 70.3 cm³/mol. The number of aliphatic carboxylic acids is 1. The van der Waals surface area contributed by atoms with Crippen LogP contribution in [0, 0.1) is 0 Å². The van der Waals surface area contributed by atoms with Crippen LogP contribution in [0.5, 0.6) is 0 Å². The zero-order valence-corrected chi connectivity index (χ0v) is 13.2. The number of hydrogen-bond acceptors (Lipinski definition) is 4. The summed E-state index contributed by atoms with van der Waals surface area (Å²) >= 11 is 0. The molecule has 0 radical (unpaired) electrons. The van der Waals surface area contributed by atoms with E-state index in [0.717, 1.165) is 13.0 Å².